The number of benzene rings is 1. The Kier molecular flexibility index (Phi) is 6.53. The largest absolute Gasteiger partial charge is 0.361 e. The van der Waals surface area contributed by atoms with Crippen LogP contribution in [0.25, 0.3) is 10.9 Å². The van der Waals surface area contributed by atoms with Crippen LogP contribution in [0.5, 0.6) is 0 Å². The van der Waals surface area contributed by atoms with Crippen molar-refractivity contribution in [3.63, 3.8) is 0 Å². The molecular formula is C24H33N3O2. The van der Waals surface area contributed by atoms with Crippen LogP contribution in [-0.4, -0.2) is 40.8 Å². The number of hydrogen-bond donors (Lipinski definition) is 2. The summed E-state index contributed by atoms with van der Waals surface area (Å²) in [6.45, 7) is 1.35. The highest BCUT2D eigenvalue weighted by molar-refractivity contribution is 5.84. The fourth-order valence-electron chi connectivity index (χ4n) is 4.90. The molecule has 0 radical (unpaired) electrons. The van der Waals surface area contributed by atoms with Crippen LogP contribution in [-0.2, 0) is 16.0 Å². The number of amides is 2. The Hall–Kier alpha value is -2.30. The van der Waals surface area contributed by atoms with Crippen molar-refractivity contribution < 1.29 is 9.59 Å². The highest BCUT2D eigenvalue weighted by atomic mass is 16.2. The van der Waals surface area contributed by atoms with Gasteiger partial charge in [-0.1, -0.05) is 43.9 Å². The van der Waals surface area contributed by atoms with Gasteiger partial charge in [-0.2, -0.15) is 0 Å². The van der Waals surface area contributed by atoms with Gasteiger partial charge in [0.1, 0.15) is 0 Å². The van der Waals surface area contributed by atoms with Gasteiger partial charge in [0.25, 0.3) is 0 Å². The number of nitrogens with one attached hydrogen (secondary N) is 2. The number of carbonyl (C=O) groups excluding carboxylic acids is 2. The van der Waals surface area contributed by atoms with Crippen LogP contribution in [0.2, 0.25) is 0 Å². The van der Waals surface area contributed by atoms with Gasteiger partial charge in [-0.3, -0.25) is 9.59 Å². The average molecular weight is 396 g/mol. The summed E-state index contributed by atoms with van der Waals surface area (Å²) in [7, 11) is 0. The lowest BCUT2D eigenvalue weighted by atomic mass is 9.95. The number of carbonyl (C=O) groups is 2. The maximum absolute atomic E-state index is 12.8. The highest BCUT2D eigenvalue weighted by Gasteiger charge is 2.29. The molecule has 1 saturated heterocycles. The predicted molar refractivity (Wildman–Crippen MR) is 116 cm³/mol. The van der Waals surface area contributed by atoms with Gasteiger partial charge >= 0.3 is 0 Å². The van der Waals surface area contributed by atoms with E-state index >= 15 is 0 Å². The number of para-hydroxylation sites is 1. The fraction of sp³-hybridized carbons (Fsp3) is 0.583. The number of H-pyrrole nitrogens is 1. The second-order valence-electron chi connectivity index (χ2n) is 8.74. The van der Waals surface area contributed by atoms with Gasteiger partial charge in [-0.05, 0) is 43.7 Å². The molecule has 1 aliphatic carbocycles. The molecule has 1 atom stereocenters. The van der Waals surface area contributed by atoms with Crippen molar-refractivity contribution in [2.75, 3.05) is 13.1 Å². The predicted octanol–water partition coefficient (Wildman–Crippen LogP) is 4.18. The van der Waals surface area contributed by atoms with Crippen molar-refractivity contribution in [2.24, 2.45) is 5.92 Å². The van der Waals surface area contributed by atoms with Crippen molar-refractivity contribution in [3.05, 3.63) is 36.0 Å². The van der Waals surface area contributed by atoms with Crippen molar-refractivity contribution in [3.8, 4) is 0 Å². The van der Waals surface area contributed by atoms with E-state index in [0.717, 1.165) is 44.2 Å². The first-order valence-corrected chi connectivity index (χ1v) is 11.3. The number of fused-ring (bicyclic) bond motifs is 1. The molecule has 156 valence electrons. The van der Waals surface area contributed by atoms with Gasteiger partial charge in [-0.25, -0.2) is 0 Å². The number of rotatable bonds is 5. The first-order valence-electron chi connectivity index (χ1n) is 11.3. The summed E-state index contributed by atoms with van der Waals surface area (Å²) < 4.78 is 0. The minimum Gasteiger partial charge on any atom is -0.361 e. The second-order valence-corrected chi connectivity index (χ2v) is 8.74. The number of hydrogen-bond acceptors (Lipinski definition) is 2. The molecule has 2 N–H and O–H groups in total. The Bertz CT molecular complexity index is 836. The molecule has 4 rings (SSSR count). The summed E-state index contributed by atoms with van der Waals surface area (Å²) in [5.41, 5.74) is 2.30. The fourth-order valence-corrected chi connectivity index (χ4v) is 4.90. The maximum Gasteiger partial charge on any atom is 0.225 e. The smallest absolute Gasteiger partial charge is 0.225 e. The van der Waals surface area contributed by atoms with Crippen molar-refractivity contribution in [1.29, 1.82) is 0 Å². The van der Waals surface area contributed by atoms with E-state index in [4.69, 9.17) is 0 Å². The van der Waals surface area contributed by atoms with Gasteiger partial charge in [0.15, 0.2) is 0 Å². The lowest BCUT2D eigenvalue weighted by Crippen LogP contribution is -2.47. The van der Waals surface area contributed by atoms with Crippen molar-refractivity contribution in [1.82, 2.24) is 15.2 Å². The van der Waals surface area contributed by atoms with E-state index in [1.807, 2.05) is 23.2 Å². The molecule has 29 heavy (non-hydrogen) atoms. The van der Waals surface area contributed by atoms with E-state index in [1.165, 1.54) is 36.6 Å². The Labute approximate surface area is 173 Å². The second kappa shape index (κ2) is 9.47. The molecule has 2 heterocycles. The average Bonchev–Trinajstić information content (AvgIpc) is 2.99. The van der Waals surface area contributed by atoms with Crippen molar-refractivity contribution in [2.45, 2.75) is 70.3 Å². The molecule has 0 bridgehead atoms. The van der Waals surface area contributed by atoms with Crippen LogP contribution < -0.4 is 5.32 Å². The quantitative estimate of drug-likeness (QED) is 0.746. The minimum absolute atomic E-state index is 0.0518. The van der Waals surface area contributed by atoms with E-state index in [1.54, 1.807) is 0 Å². The zero-order valence-corrected chi connectivity index (χ0v) is 17.3. The number of likely N-dealkylation sites (tertiary alicyclic amines) is 1. The Morgan fingerprint density at radius 1 is 1.03 bits per heavy atom. The summed E-state index contributed by atoms with van der Waals surface area (Å²) in [6.07, 6.45) is 12.3. The molecule has 5 heteroatoms. The number of aryl methyl sites for hydroxylation is 1. The van der Waals surface area contributed by atoms with Crippen LogP contribution in [0, 0.1) is 5.92 Å². The molecule has 2 aliphatic rings. The lowest BCUT2D eigenvalue weighted by Gasteiger charge is -2.33. The monoisotopic (exact) mass is 395 g/mol. The number of aromatic nitrogens is 1. The van der Waals surface area contributed by atoms with E-state index in [9.17, 15) is 9.59 Å². The molecule has 2 amide bonds. The third kappa shape index (κ3) is 5.01. The van der Waals surface area contributed by atoms with E-state index < -0.39 is 0 Å². The number of nitrogens with zero attached hydrogens (tertiary/aromatic N) is 1. The number of aromatic amines is 1. The molecule has 1 aliphatic heterocycles. The summed E-state index contributed by atoms with van der Waals surface area (Å²) in [6, 6.07) is 8.53. The van der Waals surface area contributed by atoms with Gasteiger partial charge in [-0.15, -0.1) is 0 Å². The van der Waals surface area contributed by atoms with Gasteiger partial charge in [0, 0.05) is 42.7 Å². The van der Waals surface area contributed by atoms with E-state index in [2.05, 4.69) is 22.4 Å². The minimum atomic E-state index is -0.0518. The third-order valence-corrected chi connectivity index (χ3v) is 6.63. The van der Waals surface area contributed by atoms with E-state index in [0.29, 0.717) is 19.0 Å². The maximum atomic E-state index is 12.8. The first kappa shape index (κ1) is 20.0. The first-order chi connectivity index (χ1) is 14.2. The molecule has 0 unspecified atom stereocenters. The van der Waals surface area contributed by atoms with Crippen LogP contribution in [0.1, 0.15) is 63.4 Å². The Morgan fingerprint density at radius 3 is 2.66 bits per heavy atom. The Morgan fingerprint density at radius 2 is 1.83 bits per heavy atom. The lowest BCUT2D eigenvalue weighted by molar-refractivity contribution is -0.135. The van der Waals surface area contributed by atoms with Gasteiger partial charge in [0.05, 0.1) is 5.92 Å². The molecular weight excluding hydrogens is 362 g/mol. The molecule has 1 saturated carbocycles. The summed E-state index contributed by atoms with van der Waals surface area (Å²) in [4.78, 5) is 30.8. The molecule has 5 nitrogen and oxygen atoms in total. The molecule has 2 fully saturated rings. The standard InChI is InChI=1S/C24H33N3O2/c28-23(14-13-18-16-25-22-12-6-5-11-21(18)22)27-15-7-8-19(17-27)24(29)26-20-9-3-1-2-4-10-20/h5-6,11-12,16,19-20,25H,1-4,7-10,13-15,17H2,(H,26,29)/t19-/m1/s1. The molecule has 0 spiro atoms. The normalized spacial score (nSPS) is 21.1. The summed E-state index contributed by atoms with van der Waals surface area (Å²) >= 11 is 0. The van der Waals surface area contributed by atoms with Crippen LogP contribution in [0.4, 0.5) is 0 Å². The van der Waals surface area contributed by atoms with Gasteiger partial charge in [0.2, 0.25) is 11.8 Å². The van der Waals surface area contributed by atoms with Crippen LogP contribution in [0.3, 0.4) is 0 Å². The van der Waals surface area contributed by atoms with Crippen LogP contribution in [0.15, 0.2) is 30.5 Å². The highest BCUT2D eigenvalue weighted by Crippen LogP contribution is 2.22. The third-order valence-electron chi connectivity index (χ3n) is 6.63. The SMILES string of the molecule is O=C(NC1CCCCCC1)[C@@H]1CCCN(C(=O)CCc2c[nH]c3ccccc23)C1. The van der Waals surface area contributed by atoms with Gasteiger partial charge < -0.3 is 15.2 Å². The summed E-state index contributed by atoms with van der Waals surface area (Å²) in [5, 5.41) is 4.48. The zero-order chi connectivity index (χ0) is 20.1. The number of piperidine rings is 1. The Balaban J connectivity index is 1.29. The van der Waals surface area contributed by atoms with E-state index in [-0.39, 0.29) is 17.7 Å². The molecule has 1 aromatic carbocycles. The molecule has 2 aromatic rings. The van der Waals surface area contributed by atoms with Crippen LogP contribution >= 0.6 is 0 Å². The summed E-state index contributed by atoms with van der Waals surface area (Å²) in [5.74, 6) is 0.275. The zero-order valence-electron chi connectivity index (χ0n) is 17.3. The van der Waals surface area contributed by atoms with Crippen molar-refractivity contribution >= 4 is 22.7 Å². The molecule has 1 aromatic heterocycles. The topological polar surface area (TPSA) is 65.2 Å².